The predicted molar refractivity (Wildman–Crippen MR) is 132 cm³/mol. The van der Waals surface area contributed by atoms with Gasteiger partial charge in [-0.3, -0.25) is 0 Å². The molecule has 0 spiro atoms. The number of ether oxygens (including phenoxy) is 1. The molecule has 3 aromatic carbocycles. The smallest absolute Gasteiger partial charge is 0.138 e. The fourth-order valence-electron chi connectivity index (χ4n) is 5.26. The van der Waals surface area contributed by atoms with E-state index in [0.29, 0.717) is 5.02 Å². The van der Waals surface area contributed by atoms with Gasteiger partial charge in [0.05, 0.1) is 11.1 Å². The highest BCUT2D eigenvalue weighted by Gasteiger charge is 2.43. The molecule has 164 valence electrons. The van der Waals surface area contributed by atoms with Gasteiger partial charge in [0, 0.05) is 18.0 Å². The van der Waals surface area contributed by atoms with Gasteiger partial charge in [0.15, 0.2) is 0 Å². The molecule has 0 saturated heterocycles. The summed E-state index contributed by atoms with van der Waals surface area (Å²) < 4.78 is 6.44. The van der Waals surface area contributed by atoms with Crippen molar-refractivity contribution in [3.63, 3.8) is 0 Å². The zero-order chi connectivity index (χ0) is 22.0. The molecule has 1 aliphatic heterocycles. The van der Waals surface area contributed by atoms with E-state index in [1.807, 2.05) is 18.3 Å². The van der Waals surface area contributed by atoms with Gasteiger partial charge in [-0.2, -0.15) is 0 Å². The lowest BCUT2D eigenvalue weighted by molar-refractivity contribution is 0.104. The van der Waals surface area contributed by atoms with E-state index < -0.39 is 0 Å². The summed E-state index contributed by atoms with van der Waals surface area (Å²) in [5.74, 6) is 0.779. The highest BCUT2D eigenvalue weighted by Crippen LogP contribution is 2.48. The van der Waals surface area contributed by atoms with Crippen LogP contribution in [0.5, 0.6) is 5.75 Å². The van der Waals surface area contributed by atoms with Crippen LogP contribution in [-0.4, -0.2) is 6.10 Å². The molecule has 1 saturated carbocycles. The first-order chi connectivity index (χ1) is 15.7. The standard InChI is InChI=1S/C28H29ClN2O/c29-25-17-22-19-31-16-13-21(22)18-26(25)32-24-11-14-28(15-12-24,23-9-5-2-6-10-23)27(30)20-7-3-1-4-8-20/h1-10,13,16-18,24,27,31H,11-12,14-15,19,30H2/t24?,27-,28?/m1/s1. The molecule has 3 aromatic rings. The minimum absolute atomic E-state index is 0.0583. The summed E-state index contributed by atoms with van der Waals surface area (Å²) in [5.41, 5.74) is 11.7. The molecule has 0 aromatic heterocycles. The molecule has 1 aliphatic carbocycles. The SMILES string of the molecule is N[C@H](c1ccccc1)C1(c2ccccc2)CCC(Oc2cc3c(cc2Cl)CNC=C3)CC1. The molecule has 5 rings (SSSR count). The monoisotopic (exact) mass is 444 g/mol. The summed E-state index contributed by atoms with van der Waals surface area (Å²) in [5, 5.41) is 3.91. The van der Waals surface area contributed by atoms with Crippen molar-refractivity contribution in [2.75, 3.05) is 0 Å². The lowest BCUT2D eigenvalue weighted by Crippen LogP contribution is -2.43. The van der Waals surface area contributed by atoms with E-state index in [4.69, 9.17) is 22.1 Å². The summed E-state index contributed by atoms with van der Waals surface area (Å²) in [4.78, 5) is 0. The Kier molecular flexibility index (Phi) is 5.95. The largest absolute Gasteiger partial charge is 0.489 e. The summed E-state index contributed by atoms with van der Waals surface area (Å²) in [6.45, 7) is 0.798. The molecule has 4 heteroatoms. The van der Waals surface area contributed by atoms with E-state index in [2.05, 4.69) is 72.1 Å². The molecular weight excluding hydrogens is 416 g/mol. The fraction of sp³-hybridized carbons (Fsp3) is 0.286. The maximum atomic E-state index is 6.96. The Morgan fingerprint density at radius 3 is 2.38 bits per heavy atom. The van der Waals surface area contributed by atoms with Crippen molar-refractivity contribution in [3.8, 4) is 5.75 Å². The number of hydrogen-bond donors (Lipinski definition) is 2. The average Bonchev–Trinajstić information content (AvgIpc) is 2.86. The minimum Gasteiger partial charge on any atom is -0.489 e. The third-order valence-electron chi connectivity index (χ3n) is 7.09. The average molecular weight is 445 g/mol. The Balaban J connectivity index is 1.37. The molecule has 32 heavy (non-hydrogen) atoms. The summed E-state index contributed by atoms with van der Waals surface area (Å²) in [6, 6.07) is 25.3. The van der Waals surface area contributed by atoms with Gasteiger partial charge in [0.2, 0.25) is 0 Å². The third-order valence-corrected chi connectivity index (χ3v) is 7.38. The third kappa shape index (κ3) is 4.03. The first-order valence-electron chi connectivity index (χ1n) is 11.4. The molecule has 3 nitrogen and oxygen atoms in total. The normalized spacial score (nSPS) is 23.1. The molecule has 1 heterocycles. The lowest BCUT2D eigenvalue weighted by Gasteiger charge is -2.45. The minimum atomic E-state index is -0.101. The van der Waals surface area contributed by atoms with Gasteiger partial charge in [-0.25, -0.2) is 0 Å². The Labute approximate surface area is 195 Å². The van der Waals surface area contributed by atoms with Crippen molar-refractivity contribution < 1.29 is 4.74 Å². The van der Waals surface area contributed by atoms with Gasteiger partial charge in [-0.05, 0) is 72.3 Å². The molecule has 0 bridgehead atoms. The Bertz CT molecular complexity index is 1090. The number of benzene rings is 3. The Morgan fingerprint density at radius 2 is 1.66 bits per heavy atom. The lowest BCUT2D eigenvalue weighted by atomic mass is 9.63. The van der Waals surface area contributed by atoms with Crippen LogP contribution in [0.1, 0.15) is 54.0 Å². The zero-order valence-electron chi connectivity index (χ0n) is 18.1. The number of rotatable bonds is 5. The van der Waals surface area contributed by atoms with Crippen LogP contribution in [0.15, 0.2) is 79.0 Å². The number of hydrogen-bond acceptors (Lipinski definition) is 3. The molecule has 0 radical (unpaired) electrons. The fourth-order valence-corrected chi connectivity index (χ4v) is 5.49. The second-order valence-corrected chi connectivity index (χ2v) is 9.33. The zero-order valence-corrected chi connectivity index (χ0v) is 18.9. The maximum absolute atomic E-state index is 6.96. The van der Waals surface area contributed by atoms with Gasteiger partial charge < -0.3 is 15.8 Å². The maximum Gasteiger partial charge on any atom is 0.138 e. The van der Waals surface area contributed by atoms with Gasteiger partial charge in [0.25, 0.3) is 0 Å². The van der Waals surface area contributed by atoms with Crippen LogP contribution in [0, 0.1) is 0 Å². The quantitative estimate of drug-likeness (QED) is 0.480. The molecular formula is C28H29ClN2O. The topological polar surface area (TPSA) is 47.3 Å². The summed E-state index contributed by atoms with van der Waals surface area (Å²) >= 11 is 6.57. The van der Waals surface area contributed by atoms with Crippen LogP contribution in [0.4, 0.5) is 0 Å². The first-order valence-corrected chi connectivity index (χ1v) is 11.8. The van der Waals surface area contributed by atoms with E-state index in [9.17, 15) is 0 Å². The Morgan fingerprint density at radius 1 is 0.969 bits per heavy atom. The highest BCUT2D eigenvalue weighted by molar-refractivity contribution is 6.32. The van der Waals surface area contributed by atoms with E-state index in [0.717, 1.165) is 38.0 Å². The molecule has 1 fully saturated rings. The van der Waals surface area contributed by atoms with Crippen LogP contribution in [0.2, 0.25) is 5.02 Å². The van der Waals surface area contributed by atoms with E-state index in [1.165, 1.54) is 22.3 Å². The number of fused-ring (bicyclic) bond motifs is 1. The molecule has 1 atom stereocenters. The van der Waals surface area contributed by atoms with Gasteiger partial charge >= 0.3 is 0 Å². The molecule has 3 N–H and O–H groups in total. The second kappa shape index (κ2) is 9.01. The number of halogens is 1. The summed E-state index contributed by atoms with van der Waals surface area (Å²) in [7, 11) is 0. The van der Waals surface area contributed by atoms with Crippen molar-refractivity contribution in [1.82, 2.24) is 5.32 Å². The van der Waals surface area contributed by atoms with Crippen molar-refractivity contribution >= 4 is 17.7 Å². The van der Waals surface area contributed by atoms with Crippen LogP contribution in [0.25, 0.3) is 6.08 Å². The first kappa shape index (κ1) is 21.1. The van der Waals surface area contributed by atoms with Gasteiger partial charge in [-0.15, -0.1) is 0 Å². The van der Waals surface area contributed by atoms with Crippen molar-refractivity contribution in [2.24, 2.45) is 5.73 Å². The second-order valence-electron chi connectivity index (χ2n) is 8.92. The van der Waals surface area contributed by atoms with Crippen LogP contribution < -0.4 is 15.8 Å². The van der Waals surface area contributed by atoms with Crippen molar-refractivity contribution in [2.45, 2.75) is 49.8 Å². The van der Waals surface area contributed by atoms with Gasteiger partial charge in [0.1, 0.15) is 5.75 Å². The predicted octanol–water partition coefficient (Wildman–Crippen LogP) is 6.37. The van der Waals surface area contributed by atoms with Gasteiger partial charge in [-0.1, -0.05) is 72.3 Å². The van der Waals surface area contributed by atoms with Crippen LogP contribution >= 0.6 is 11.6 Å². The summed E-state index contributed by atoms with van der Waals surface area (Å²) in [6.07, 6.45) is 8.02. The number of nitrogens with one attached hydrogen (secondary N) is 1. The van der Waals surface area contributed by atoms with Crippen molar-refractivity contribution in [1.29, 1.82) is 0 Å². The van der Waals surface area contributed by atoms with Crippen molar-refractivity contribution in [3.05, 3.63) is 106 Å². The van der Waals surface area contributed by atoms with E-state index in [-0.39, 0.29) is 17.6 Å². The van der Waals surface area contributed by atoms with E-state index in [1.54, 1.807) is 0 Å². The molecule has 2 aliphatic rings. The molecule has 0 unspecified atom stereocenters. The van der Waals surface area contributed by atoms with E-state index >= 15 is 0 Å². The van der Waals surface area contributed by atoms with Crippen LogP contribution in [-0.2, 0) is 12.0 Å². The Hall–Kier alpha value is -2.75. The highest BCUT2D eigenvalue weighted by atomic mass is 35.5. The van der Waals surface area contributed by atoms with Crippen LogP contribution in [0.3, 0.4) is 0 Å². The molecule has 0 amide bonds. The number of nitrogens with two attached hydrogens (primary N) is 1.